The summed E-state index contributed by atoms with van der Waals surface area (Å²) >= 11 is 2.08. The van der Waals surface area contributed by atoms with Crippen LogP contribution in [0.4, 0.5) is 0 Å². The molecule has 1 atom stereocenters. The minimum absolute atomic E-state index is 0. The van der Waals surface area contributed by atoms with Crippen LogP contribution in [0.3, 0.4) is 0 Å². The van der Waals surface area contributed by atoms with E-state index in [1.807, 2.05) is 0 Å². The van der Waals surface area contributed by atoms with Crippen LogP contribution in [-0.4, -0.2) is 29.8 Å². The van der Waals surface area contributed by atoms with Crippen molar-refractivity contribution >= 4 is 24.2 Å². The molecule has 0 fully saturated rings. The molecule has 0 bridgehead atoms. The maximum atomic E-state index is 2.72. The average molecular weight is 328 g/mol. The Labute approximate surface area is 141 Å². The molecule has 1 heterocycles. The van der Waals surface area contributed by atoms with Gasteiger partial charge in [-0.15, -0.1) is 24.2 Å². The Bertz CT molecular complexity index is 416. The predicted octanol–water partition coefficient (Wildman–Crippen LogP) is 5.20. The summed E-state index contributed by atoms with van der Waals surface area (Å²) in [5, 5.41) is 0. The first-order chi connectivity index (χ1) is 9.80. The van der Waals surface area contributed by atoms with Gasteiger partial charge in [0.25, 0.3) is 0 Å². The van der Waals surface area contributed by atoms with Gasteiger partial charge in [-0.3, -0.25) is 4.90 Å². The van der Waals surface area contributed by atoms with Crippen LogP contribution in [0.1, 0.15) is 51.2 Å². The van der Waals surface area contributed by atoms with E-state index in [0.29, 0.717) is 0 Å². The van der Waals surface area contributed by atoms with Gasteiger partial charge in [0, 0.05) is 16.7 Å². The van der Waals surface area contributed by atoms with Crippen molar-refractivity contribution in [2.24, 2.45) is 0 Å². The highest BCUT2D eigenvalue weighted by Crippen LogP contribution is 2.34. The van der Waals surface area contributed by atoms with Crippen molar-refractivity contribution in [1.82, 2.24) is 4.90 Å². The number of thioether (sulfide) groups is 1. The van der Waals surface area contributed by atoms with Gasteiger partial charge in [-0.2, -0.15) is 0 Å². The molecule has 0 aliphatic carbocycles. The maximum Gasteiger partial charge on any atom is 0.0230 e. The molecule has 120 valence electrons. The Hall–Kier alpha value is -0.180. The van der Waals surface area contributed by atoms with Gasteiger partial charge in [-0.1, -0.05) is 39.3 Å². The first-order valence-corrected chi connectivity index (χ1v) is 9.26. The van der Waals surface area contributed by atoms with E-state index in [0.717, 1.165) is 6.04 Å². The van der Waals surface area contributed by atoms with Gasteiger partial charge in [0.2, 0.25) is 0 Å². The smallest absolute Gasteiger partial charge is 0.0230 e. The zero-order valence-electron chi connectivity index (χ0n) is 13.7. The molecular weight excluding hydrogens is 298 g/mol. The summed E-state index contributed by atoms with van der Waals surface area (Å²) in [6, 6.07) is 7.65. The molecule has 1 aliphatic rings. The Morgan fingerprint density at radius 3 is 2.43 bits per heavy atom. The zero-order valence-corrected chi connectivity index (χ0v) is 15.4. The fourth-order valence-electron chi connectivity index (χ4n) is 3.25. The number of hydrogen-bond donors (Lipinski definition) is 0. The van der Waals surface area contributed by atoms with Crippen LogP contribution in [0.15, 0.2) is 23.1 Å². The maximum absolute atomic E-state index is 2.72. The molecular formula is C18H30ClNS. The van der Waals surface area contributed by atoms with Crippen LogP contribution >= 0.6 is 24.2 Å². The van der Waals surface area contributed by atoms with Gasteiger partial charge in [-0.05, 0) is 56.0 Å². The largest absolute Gasteiger partial charge is 0.299 e. The first-order valence-electron chi connectivity index (χ1n) is 8.27. The highest BCUT2D eigenvalue weighted by Gasteiger charge is 2.25. The van der Waals surface area contributed by atoms with Crippen molar-refractivity contribution in [1.29, 1.82) is 0 Å². The molecule has 0 saturated carbocycles. The fraction of sp³-hybridized carbons (Fsp3) is 0.667. The molecule has 1 aliphatic heterocycles. The third-order valence-electron chi connectivity index (χ3n) is 4.16. The monoisotopic (exact) mass is 327 g/mol. The van der Waals surface area contributed by atoms with Gasteiger partial charge in [-0.25, -0.2) is 0 Å². The van der Waals surface area contributed by atoms with Crippen LogP contribution in [0.5, 0.6) is 0 Å². The molecule has 3 heteroatoms. The van der Waals surface area contributed by atoms with Crippen LogP contribution in [0.25, 0.3) is 0 Å². The van der Waals surface area contributed by atoms with Crippen molar-refractivity contribution in [2.75, 3.05) is 18.8 Å². The molecule has 0 saturated heterocycles. The van der Waals surface area contributed by atoms with Gasteiger partial charge >= 0.3 is 0 Å². The van der Waals surface area contributed by atoms with Crippen molar-refractivity contribution in [3.8, 4) is 0 Å². The quantitative estimate of drug-likeness (QED) is 0.677. The SMILES string of the molecule is CCCc1cccc2c1CC(N(CCC)CCC)CS2.Cl. The van der Waals surface area contributed by atoms with E-state index in [2.05, 4.69) is 55.6 Å². The molecule has 1 aromatic rings. The lowest BCUT2D eigenvalue weighted by Crippen LogP contribution is -2.41. The number of nitrogens with zero attached hydrogens (tertiary/aromatic N) is 1. The molecule has 1 aromatic carbocycles. The second-order valence-corrected chi connectivity index (χ2v) is 6.91. The molecule has 2 rings (SSSR count). The third-order valence-corrected chi connectivity index (χ3v) is 5.40. The second kappa shape index (κ2) is 9.76. The Kier molecular flexibility index (Phi) is 8.77. The van der Waals surface area contributed by atoms with Gasteiger partial charge < -0.3 is 0 Å². The third kappa shape index (κ3) is 4.91. The van der Waals surface area contributed by atoms with Crippen LogP contribution in [0.2, 0.25) is 0 Å². The molecule has 0 spiro atoms. The zero-order chi connectivity index (χ0) is 14.4. The molecule has 0 radical (unpaired) electrons. The van der Waals surface area contributed by atoms with Crippen molar-refractivity contribution in [2.45, 2.75) is 63.8 Å². The number of fused-ring (bicyclic) bond motifs is 1. The van der Waals surface area contributed by atoms with Gasteiger partial charge in [0.15, 0.2) is 0 Å². The van der Waals surface area contributed by atoms with Crippen LogP contribution in [-0.2, 0) is 12.8 Å². The van der Waals surface area contributed by atoms with Crippen molar-refractivity contribution in [3.05, 3.63) is 29.3 Å². The molecule has 21 heavy (non-hydrogen) atoms. The molecule has 0 N–H and O–H groups in total. The van der Waals surface area contributed by atoms with Crippen LogP contribution in [0, 0.1) is 0 Å². The molecule has 1 unspecified atom stereocenters. The lowest BCUT2D eigenvalue weighted by atomic mass is 9.96. The predicted molar refractivity (Wildman–Crippen MR) is 98.1 cm³/mol. The number of rotatable bonds is 7. The minimum atomic E-state index is 0. The number of aryl methyl sites for hydroxylation is 1. The summed E-state index contributed by atoms with van der Waals surface area (Å²) in [6.45, 7) is 9.40. The summed E-state index contributed by atoms with van der Waals surface area (Å²) in [5.41, 5.74) is 3.24. The second-order valence-electron chi connectivity index (χ2n) is 5.85. The van der Waals surface area contributed by atoms with E-state index >= 15 is 0 Å². The summed E-state index contributed by atoms with van der Waals surface area (Å²) in [7, 11) is 0. The van der Waals surface area contributed by atoms with Gasteiger partial charge in [0.1, 0.15) is 0 Å². The first kappa shape index (κ1) is 18.9. The standard InChI is InChI=1S/C18H29NS.ClH/c1-4-8-15-9-7-10-18-17(15)13-16(14-20-18)19(11-5-2)12-6-3;/h7,9-10,16H,4-6,8,11-14H2,1-3H3;1H. The van der Waals surface area contributed by atoms with E-state index in [9.17, 15) is 0 Å². The Morgan fingerprint density at radius 2 is 1.81 bits per heavy atom. The molecule has 0 aromatic heterocycles. The number of halogens is 1. The highest BCUT2D eigenvalue weighted by molar-refractivity contribution is 7.99. The Balaban J connectivity index is 0.00000220. The summed E-state index contributed by atoms with van der Waals surface area (Å²) in [5.74, 6) is 1.27. The summed E-state index contributed by atoms with van der Waals surface area (Å²) < 4.78 is 0. The highest BCUT2D eigenvalue weighted by atomic mass is 35.5. The summed E-state index contributed by atoms with van der Waals surface area (Å²) in [4.78, 5) is 4.26. The minimum Gasteiger partial charge on any atom is -0.299 e. The molecule has 0 amide bonds. The Morgan fingerprint density at radius 1 is 1.10 bits per heavy atom. The lowest BCUT2D eigenvalue weighted by molar-refractivity contribution is 0.209. The molecule has 1 nitrogen and oxygen atoms in total. The average Bonchev–Trinajstić information content (AvgIpc) is 2.47. The normalized spacial score (nSPS) is 17.4. The van der Waals surface area contributed by atoms with E-state index < -0.39 is 0 Å². The number of benzene rings is 1. The lowest BCUT2D eigenvalue weighted by Gasteiger charge is -2.35. The van der Waals surface area contributed by atoms with E-state index in [1.54, 1.807) is 16.0 Å². The van der Waals surface area contributed by atoms with Crippen LogP contribution < -0.4 is 0 Å². The van der Waals surface area contributed by atoms with E-state index in [1.165, 1.54) is 50.9 Å². The van der Waals surface area contributed by atoms with Crippen molar-refractivity contribution < 1.29 is 0 Å². The summed E-state index contributed by atoms with van der Waals surface area (Å²) in [6.07, 6.45) is 6.28. The fourth-order valence-corrected chi connectivity index (χ4v) is 4.51. The van der Waals surface area contributed by atoms with E-state index in [-0.39, 0.29) is 12.4 Å². The topological polar surface area (TPSA) is 3.24 Å². The number of hydrogen-bond acceptors (Lipinski definition) is 2. The van der Waals surface area contributed by atoms with E-state index in [4.69, 9.17) is 0 Å². The van der Waals surface area contributed by atoms with Gasteiger partial charge in [0.05, 0.1) is 0 Å². The van der Waals surface area contributed by atoms with Crippen molar-refractivity contribution in [3.63, 3.8) is 0 Å².